The summed E-state index contributed by atoms with van der Waals surface area (Å²) >= 11 is 0. The lowest BCUT2D eigenvalue weighted by molar-refractivity contribution is 0.0903. The third-order valence-electron chi connectivity index (χ3n) is 4.61. The van der Waals surface area contributed by atoms with E-state index < -0.39 is 0 Å². The van der Waals surface area contributed by atoms with Gasteiger partial charge in [0.2, 0.25) is 0 Å². The zero-order valence-electron chi connectivity index (χ0n) is 13.7. The van der Waals surface area contributed by atoms with Crippen molar-refractivity contribution in [3.63, 3.8) is 0 Å². The average molecular weight is 308 g/mol. The van der Waals surface area contributed by atoms with E-state index in [4.69, 9.17) is 0 Å². The number of carbonyl (C=O) groups excluding carboxylic acids is 1. The van der Waals surface area contributed by atoms with Gasteiger partial charge in [0, 0.05) is 38.3 Å². The molecule has 0 radical (unpaired) electrons. The van der Waals surface area contributed by atoms with E-state index in [9.17, 15) is 4.79 Å². The van der Waals surface area contributed by atoms with Gasteiger partial charge in [0.25, 0.3) is 0 Å². The van der Waals surface area contributed by atoms with Crippen molar-refractivity contribution in [2.45, 2.75) is 5.92 Å². The highest BCUT2D eigenvalue weighted by Gasteiger charge is 2.25. The summed E-state index contributed by atoms with van der Waals surface area (Å²) in [7, 11) is 2.15. The van der Waals surface area contributed by atoms with Crippen molar-refractivity contribution in [1.29, 1.82) is 0 Å². The van der Waals surface area contributed by atoms with E-state index in [1.54, 1.807) is 0 Å². The molecule has 3 nitrogen and oxygen atoms in total. The molecular weight excluding hydrogens is 284 g/mol. The second-order valence-corrected chi connectivity index (χ2v) is 6.30. The highest BCUT2D eigenvalue weighted by atomic mass is 16.1. The molecule has 2 aromatic rings. The Bertz CT molecular complexity index is 619. The first-order valence-corrected chi connectivity index (χ1v) is 8.29. The third kappa shape index (κ3) is 4.06. The van der Waals surface area contributed by atoms with Crippen LogP contribution in [0, 0.1) is 0 Å². The maximum Gasteiger partial charge on any atom is 0.171 e. The molecule has 2 aromatic carbocycles. The number of benzene rings is 2. The molecule has 0 aromatic heterocycles. The van der Waals surface area contributed by atoms with Gasteiger partial charge in [0.15, 0.2) is 5.78 Å². The minimum Gasteiger partial charge on any atom is -0.304 e. The largest absolute Gasteiger partial charge is 0.304 e. The van der Waals surface area contributed by atoms with Gasteiger partial charge in [-0.1, -0.05) is 60.7 Å². The van der Waals surface area contributed by atoms with Crippen LogP contribution < -0.4 is 0 Å². The minimum atomic E-state index is -0.0954. The number of hydrogen-bond donors (Lipinski definition) is 0. The zero-order valence-corrected chi connectivity index (χ0v) is 13.7. The van der Waals surface area contributed by atoms with Crippen molar-refractivity contribution in [3.05, 3.63) is 71.8 Å². The van der Waals surface area contributed by atoms with Gasteiger partial charge in [-0.05, 0) is 12.6 Å². The maximum atomic E-state index is 13.0. The molecule has 1 saturated heterocycles. The summed E-state index contributed by atoms with van der Waals surface area (Å²) in [6.07, 6.45) is 0. The van der Waals surface area contributed by atoms with E-state index >= 15 is 0 Å². The van der Waals surface area contributed by atoms with Crippen molar-refractivity contribution in [2.75, 3.05) is 39.8 Å². The lowest BCUT2D eigenvalue weighted by Crippen LogP contribution is -2.46. The molecular formula is C20H24N2O. The average Bonchev–Trinajstić information content (AvgIpc) is 2.62. The Balaban J connectivity index is 1.81. The molecule has 0 aliphatic carbocycles. The number of nitrogens with zero attached hydrogens (tertiary/aromatic N) is 2. The molecule has 0 saturated carbocycles. The number of likely N-dealkylation sites (N-methyl/N-ethyl adjacent to an activating group) is 1. The van der Waals surface area contributed by atoms with Crippen LogP contribution in [0.4, 0.5) is 0 Å². The van der Waals surface area contributed by atoms with Gasteiger partial charge >= 0.3 is 0 Å². The quantitative estimate of drug-likeness (QED) is 0.794. The molecule has 3 rings (SSSR count). The minimum absolute atomic E-state index is 0.0954. The smallest absolute Gasteiger partial charge is 0.171 e. The molecule has 0 spiro atoms. The highest BCUT2D eigenvalue weighted by Crippen LogP contribution is 2.23. The fraction of sp³-hybridized carbons (Fsp3) is 0.350. The summed E-state index contributed by atoms with van der Waals surface area (Å²) in [5, 5.41) is 0. The first kappa shape index (κ1) is 15.9. The lowest BCUT2D eigenvalue weighted by atomic mass is 9.90. The monoisotopic (exact) mass is 308 g/mol. The van der Waals surface area contributed by atoms with Crippen molar-refractivity contribution >= 4 is 5.78 Å². The lowest BCUT2D eigenvalue weighted by Gasteiger charge is -2.34. The molecule has 0 amide bonds. The molecule has 0 bridgehead atoms. The number of Topliss-reactive ketones (excluding diaryl/α,β-unsaturated/α-hetero) is 1. The Hall–Kier alpha value is -1.97. The summed E-state index contributed by atoms with van der Waals surface area (Å²) < 4.78 is 0. The summed E-state index contributed by atoms with van der Waals surface area (Å²) in [4.78, 5) is 17.8. The standard InChI is InChI=1S/C20H24N2O/c1-21-12-14-22(15-13-21)16-19(17-8-4-2-5-9-17)20(23)18-10-6-3-7-11-18/h2-11,19H,12-16H2,1H3. The van der Waals surface area contributed by atoms with E-state index in [0.717, 1.165) is 43.9 Å². The van der Waals surface area contributed by atoms with Crippen LogP contribution in [0.15, 0.2) is 60.7 Å². The molecule has 1 unspecified atom stereocenters. The summed E-state index contributed by atoms with van der Waals surface area (Å²) in [5.74, 6) is 0.123. The van der Waals surface area contributed by atoms with E-state index in [2.05, 4.69) is 29.0 Å². The SMILES string of the molecule is CN1CCN(CC(C(=O)c2ccccc2)c2ccccc2)CC1. The van der Waals surface area contributed by atoms with Crippen LogP contribution in [0.3, 0.4) is 0 Å². The molecule has 1 aliphatic rings. The Kier molecular flexibility index (Phi) is 5.21. The van der Waals surface area contributed by atoms with Gasteiger partial charge in [-0.2, -0.15) is 0 Å². The topological polar surface area (TPSA) is 23.6 Å². The molecule has 23 heavy (non-hydrogen) atoms. The Morgan fingerprint density at radius 2 is 1.48 bits per heavy atom. The van der Waals surface area contributed by atoms with Crippen molar-refractivity contribution in [1.82, 2.24) is 9.80 Å². The zero-order chi connectivity index (χ0) is 16.1. The van der Waals surface area contributed by atoms with Crippen LogP contribution in [0.1, 0.15) is 21.8 Å². The normalized spacial score (nSPS) is 17.8. The molecule has 0 N–H and O–H groups in total. The van der Waals surface area contributed by atoms with Crippen LogP contribution in [0.5, 0.6) is 0 Å². The van der Waals surface area contributed by atoms with Gasteiger partial charge in [-0.15, -0.1) is 0 Å². The predicted molar refractivity (Wildman–Crippen MR) is 93.9 cm³/mol. The van der Waals surface area contributed by atoms with E-state index in [1.165, 1.54) is 0 Å². The van der Waals surface area contributed by atoms with Crippen LogP contribution in [0.25, 0.3) is 0 Å². The second-order valence-electron chi connectivity index (χ2n) is 6.30. The van der Waals surface area contributed by atoms with Crippen molar-refractivity contribution in [3.8, 4) is 0 Å². The molecule has 1 atom stereocenters. The van der Waals surface area contributed by atoms with Gasteiger partial charge < -0.3 is 4.90 Å². The van der Waals surface area contributed by atoms with Crippen LogP contribution >= 0.6 is 0 Å². The predicted octanol–water partition coefficient (Wildman–Crippen LogP) is 2.90. The molecule has 120 valence electrons. The first-order chi connectivity index (χ1) is 11.2. The van der Waals surface area contributed by atoms with Crippen LogP contribution in [-0.2, 0) is 0 Å². The van der Waals surface area contributed by atoms with Crippen LogP contribution in [-0.4, -0.2) is 55.4 Å². The van der Waals surface area contributed by atoms with Gasteiger partial charge in [-0.3, -0.25) is 9.69 Å². The maximum absolute atomic E-state index is 13.0. The van der Waals surface area contributed by atoms with Gasteiger partial charge in [0.1, 0.15) is 0 Å². The Morgan fingerprint density at radius 3 is 2.09 bits per heavy atom. The number of carbonyl (C=O) groups is 1. The van der Waals surface area contributed by atoms with Crippen molar-refractivity contribution < 1.29 is 4.79 Å². The summed E-state index contributed by atoms with van der Waals surface area (Å²) in [5.41, 5.74) is 1.91. The molecule has 1 heterocycles. The fourth-order valence-electron chi connectivity index (χ4n) is 3.12. The third-order valence-corrected chi connectivity index (χ3v) is 4.61. The number of rotatable bonds is 5. The van der Waals surface area contributed by atoms with E-state index in [1.807, 2.05) is 48.5 Å². The first-order valence-electron chi connectivity index (χ1n) is 8.29. The molecule has 1 fully saturated rings. The molecule has 1 aliphatic heterocycles. The van der Waals surface area contributed by atoms with Gasteiger partial charge in [-0.25, -0.2) is 0 Å². The van der Waals surface area contributed by atoms with Crippen LogP contribution in [0.2, 0.25) is 0 Å². The van der Waals surface area contributed by atoms with E-state index in [0.29, 0.717) is 0 Å². The Labute approximate surface area is 138 Å². The van der Waals surface area contributed by atoms with Crippen molar-refractivity contribution in [2.24, 2.45) is 0 Å². The Morgan fingerprint density at radius 1 is 0.913 bits per heavy atom. The number of piperazine rings is 1. The van der Waals surface area contributed by atoms with E-state index in [-0.39, 0.29) is 11.7 Å². The fourth-order valence-corrected chi connectivity index (χ4v) is 3.12. The summed E-state index contributed by atoms with van der Waals surface area (Å²) in [6.45, 7) is 5.00. The summed E-state index contributed by atoms with van der Waals surface area (Å²) in [6, 6.07) is 19.8. The second kappa shape index (κ2) is 7.53. The number of hydrogen-bond acceptors (Lipinski definition) is 3. The number of ketones is 1. The highest BCUT2D eigenvalue weighted by molar-refractivity contribution is 6.01. The molecule has 3 heteroatoms. The van der Waals surface area contributed by atoms with Gasteiger partial charge in [0.05, 0.1) is 5.92 Å².